The van der Waals surface area contributed by atoms with E-state index < -0.39 is 5.97 Å². The third-order valence-electron chi connectivity index (χ3n) is 3.31. The summed E-state index contributed by atoms with van der Waals surface area (Å²) in [6.45, 7) is 1.87. The molecule has 2 aromatic carbocycles. The fourth-order valence-corrected chi connectivity index (χ4v) is 2.08. The van der Waals surface area contributed by atoms with Crippen LogP contribution in [0.4, 0.5) is 5.69 Å². The number of methoxy groups -OCH3 is 1. The average Bonchev–Trinajstić information content (AvgIpc) is 2.53. The molecule has 0 aliphatic heterocycles. The molecule has 0 aliphatic rings. The first-order valence-electron chi connectivity index (χ1n) is 6.75. The second-order valence-corrected chi connectivity index (χ2v) is 4.81. The van der Waals surface area contributed by atoms with E-state index in [-0.39, 0.29) is 11.5 Å². The first kappa shape index (κ1) is 15.6. The van der Waals surface area contributed by atoms with Crippen molar-refractivity contribution >= 4 is 17.6 Å². The highest BCUT2D eigenvalue weighted by atomic mass is 16.5. The lowest BCUT2D eigenvalue weighted by atomic mass is 10.1. The monoisotopic (exact) mass is 299 g/mol. The van der Waals surface area contributed by atoms with Gasteiger partial charge < -0.3 is 14.7 Å². The smallest absolute Gasteiger partial charge is 0.335 e. The molecule has 114 valence electrons. The summed E-state index contributed by atoms with van der Waals surface area (Å²) in [5.74, 6) is -0.337. The number of aromatic carboxylic acids is 1. The lowest BCUT2D eigenvalue weighted by molar-refractivity contribution is -0.116. The van der Waals surface area contributed by atoms with Crippen molar-refractivity contribution in [2.24, 2.45) is 0 Å². The Morgan fingerprint density at radius 2 is 1.64 bits per heavy atom. The molecule has 2 aromatic rings. The molecule has 0 radical (unpaired) electrons. The van der Waals surface area contributed by atoms with Crippen molar-refractivity contribution < 1.29 is 19.4 Å². The normalized spacial score (nSPS) is 10.1. The number of hydrogen-bond acceptors (Lipinski definition) is 3. The summed E-state index contributed by atoms with van der Waals surface area (Å²) in [5, 5.41) is 8.90. The van der Waals surface area contributed by atoms with Crippen LogP contribution in [0.1, 0.15) is 22.8 Å². The Labute approximate surface area is 128 Å². The number of carbonyl (C=O) groups excluding carboxylic acids is 1. The Morgan fingerprint density at radius 3 is 2.09 bits per heavy atom. The molecule has 0 heterocycles. The van der Waals surface area contributed by atoms with Crippen LogP contribution in [0.15, 0.2) is 48.5 Å². The SMILES string of the molecule is COc1ccc(N(Cc2ccc(C(=O)O)cc2)C(C)=O)cc1. The minimum absolute atomic E-state index is 0.0903. The number of carboxylic acids is 1. The fourth-order valence-electron chi connectivity index (χ4n) is 2.08. The quantitative estimate of drug-likeness (QED) is 0.921. The predicted molar refractivity (Wildman–Crippen MR) is 83.3 cm³/mol. The van der Waals surface area contributed by atoms with Crippen LogP contribution in [0.25, 0.3) is 0 Å². The van der Waals surface area contributed by atoms with Crippen molar-refractivity contribution in [3.05, 3.63) is 59.7 Å². The summed E-state index contributed by atoms with van der Waals surface area (Å²) in [5.41, 5.74) is 1.84. The van der Waals surface area contributed by atoms with E-state index in [1.165, 1.54) is 19.1 Å². The van der Waals surface area contributed by atoms with Crippen LogP contribution in [-0.2, 0) is 11.3 Å². The fraction of sp³-hybridized carbons (Fsp3) is 0.176. The first-order valence-corrected chi connectivity index (χ1v) is 6.75. The molecule has 0 atom stereocenters. The molecule has 1 amide bonds. The maximum absolute atomic E-state index is 11.9. The van der Waals surface area contributed by atoms with Gasteiger partial charge in [0.1, 0.15) is 5.75 Å². The molecule has 5 nitrogen and oxygen atoms in total. The topological polar surface area (TPSA) is 66.8 Å². The highest BCUT2D eigenvalue weighted by molar-refractivity contribution is 5.91. The summed E-state index contributed by atoms with van der Waals surface area (Å²) in [4.78, 5) is 24.3. The maximum atomic E-state index is 11.9. The molecule has 0 saturated heterocycles. The molecule has 22 heavy (non-hydrogen) atoms. The standard InChI is InChI=1S/C17H17NO4/c1-12(19)18(15-7-9-16(22-2)10-8-15)11-13-3-5-14(6-4-13)17(20)21/h3-10H,11H2,1-2H3,(H,20,21). The van der Waals surface area contributed by atoms with E-state index in [4.69, 9.17) is 9.84 Å². The van der Waals surface area contributed by atoms with E-state index in [9.17, 15) is 9.59 Å². The molecular formula is C17H17NO4. The number of nitrogens with zero attached hydrogens (tertiary/aromatic N) is 1. The van der Waals surface area contributed by atoms with Crippen molar-refractivity contribution in [2.75, 3.05) is 12.0 Å². The molecule has 0 saturated carbocycles. The van der Waals surface area contributed by atoms with Crippen molar-refractivity contribution in [2.45, 2.75) is 13.5 Å². The van der Waals surface area contributed by atoms with Gasteiger partial charge in [0.25, 0.3) is 0 Å². The van der Waals surface area contributed by atoms with Crippen LogP contribution in [0, 0.1) is 0 Å². The number of carboxylic acid groups (broad SMARTS) is 1. The van der Waals surface area contributed by atoms with Gasteiger partial charge in [-0.2, -0.15) is 0 Å². The zero-order chi connectivity index (χ0) is 16.1. The van der Waals surface area contributed by atoms with Crippen LogP contribution in [0.3, 0.4) is 0 Å². The van der Waals surface area contributed by atoms with Crippen molar-refractivity contribution in [1.29, 1.82) is 0 Å². The van der Waals surface area contributed by atoms with Gasteiger partial charge in [-0.05, 0) is 42.0 Å². The van der Waals surface area contributed by atoms with Gasteiger partial charge in [0.05, 0.1) is 19.2 Å². The largest absolute Gasteiger partial charge is 0.497 e. The van der Waals surface area contributed by atoms with E-state index in [0.717, 1.165) is 17.0 Å². The van der Waals surface area contributed by atoms with Crippen LogP contribution in [0.5, 0.6) is 5.75 Å². The number of ether oxygens (including phenoxy) is 1. The molecule has 5 heteroatoms. The van der Waals surface area contributed by atoms with Gasteiger partial charge in [-0.3, -0.25) is 4.79 Å². The molecule has 0 aliphatic carbocycles. The molecule has 0 aromatic heterocycles. The third-order valence-corrected chi connectivity index (χ3v) is 3.31. The Morgan fingerprint density at radius 1 is 1.05 bits per heavy atom. The van der Waals surface area contributed by atoms with Gasteiger partial charge >= 0.3 is 5.97 Å². The highest BCUT2D eigenvalue weighted by Gasteiger charge is 2.12. The van der Waals surface area contributed by atoms with Crippen LogP contribution >= 0.6 is 0 Å². The number of anilines is 1. The highest BCUT2D eigenvalue weighted by Crippen LogP contribution is 2.21. The second-order valence-electron chi connectivity index (χ2n) is 4.81. The maximum Gasteiger partial charge on any atom is 0.335 e. The van der Waals surface area contributed by atoms with Crippen LogP contribution in [-0.4, -0.2) is 24.1 Å². The Balaban J connectivity index is 2.21. The third kappa shape index (κ3) is 3.63. The number of carbonyl (C=O) groups is 2. The van der Waals surface area contributed by atoms with Gasteiger partial charge in [-0.15, -0.1) is 0 Å². The van der Waals surface area contributed by atoms with Crippen LogP contribution in [0.2, 0.25) is 0 Å². The van der Waals surface area contributed by atoms with Gasteiger partial charge in [0, 0.05) is 12.6 Å². The van der Waals surface area contributed by atoms with E-state index in [2.05, 4.69) is 0 Å². The van der Waals surface area contributed by atoms with Crippen molar-refractivity contribution in [3.63, 3.8) is 0 Å². The number of amides is 1. The molecular weight excluding hydrogens is 282 g/mol. The van der Waals surface area contributed by atoms with Gasteiger partial charge in [-0.1, -0.05) is 12.1 Å². The van der Waals surface area contributed by atoms with E-state index in [0.29, 0.717) is 6.54 Å². The molecule has 0 unspecified atom stereocenters. The van der Waals surface area contributed by atoms with Gasteiger partial charge in [0.2, 0.25) is 5.91 Å². The minimum atomic E-state index is -0.967. The zero-order valence-electron chi connectivity index (χ0n) is 12.4. The van der Waals surface area contributed by atoms with Gasteiger partial charge in [0.15, 0.2) is 0 Å². The van der Waals surface area contributed by atoms with E-state index >= 15 is 0 Å². The number of hydrogen-bond donors (Lipinski definition) is 1. The summed E-state index contributed by atoms with van der Waals surface area (Å²) < 4.78 is 5.10. The molecule has 0 fully saturated rings. The Bertz CT molecular complexity index is 662. The lowest BCUT2D eigenvalue weighted by Crippen LogP contribution is -2.27. The number of rotatable bonds is 5. The Hall–Kier alpha value is -2.82. The minimum Gasteiger partial charge on any atom is -0.497 e. The predicted octanol–water partition coefficient (Wildman–Crippen LogP) is 2.95. The van der Waals surface area contributed by atoms with Gasteiger partial charge in [-0.25, -0.2) is 4.79 Å². The number of benzene rings is 2. The van der Waals surface area contributed by atoms with E-state index in [1.807, 2.05) is 12.1 Å². The zero-order valence-corrected chi connectivity index (χ0v) is 12.4. The average molecular weight is 299 g/mol. The molecule has 0 bridgehead atoms. The van der Waals surface area contributed by atoms with E-state index in [1.54, 1.807) is 36.3 Å². The summed E-state index contributed by atoms with van der Waals surface area (Å²) in [6, 6.07) is 13.7. The summed E-state index contributed by atoms with van der Waals surface area (Å²) >= 11 is 0. The molecule has 0 spiro atoms. The van der Waals surface area contributed by atoms with Crippen molar-refractivity contribution in [3.8, 4) is 5.75 Å². The van der Waals surface area contributed by atoms with Crippen molar-refractivity contribution in [1.82, 2.24) is 0 Å². The lowest BCUT2D eigenvalue weighted by Gasteiger charge is -2.21. The molecule has 1 N–H and O–H groups in total. The summed E-state index contributed by atoms with van der Waals surface area (Å²) in [7, 11) is 1.59. The summed E-state index contributed by atoms with van der Waals surface area (Å²) in [6.07, 6.45) is 0. The molecule has 2 rings (SSSR count). The van der Waals surface area contributed by atoms with Crippen LogP contribution < -0.4 is 9.64 Å². The first-order chi connectivity index (χ1) is 10.5. The second kappa shape index (κ2) is 6.76. The Kier molecular flexibility index (Phi) is 4.78.